The molecule has 0 fully saturated rings. The normalized spacial score (nSPS) is 15.6. The molecule has 1 aliphatic rings. The summed E-state index contributed by atoms with van der Waals surface area (Å²) in [6.45, 7) is 0.778. The van der Waals surface area contributed by atoms with Gasteiger partial charge in [-0.1, -0.05) is 12.1 Å². The van der Waals surface area contributed by atoms with E-state index in [0.29, 0.717) is 0 Å². The van der Waals surface area contributed by atoms with E-state index in [1.54, 1.807) is 0 Å². The second-order valence-electron chi connectivity index (χ2n) is 4.21. The van der Waals surface area contributed by atoms with Crippen molar-refractivity contribution in [1.29, 1.82) is 0 Å². The minimum atomic E-state index is -0.310. The van der Waals surface area contributed by atoms with Gasteiger partial charge >= 0.3 is 5.97 Å². The fourth-order valence-corrected chi connectivity index (χ4v) is 1.99. The number of esters is 1. The topological polar surface area (TPSA) is 61.5 Å². The van der Waals surface area contributed by atoms with E-state index in [4.69, 9.17) is 10.5 Å². The molecule has 1 aromatic rings. The Kier molecular flexibility index (Phi) is 3.64. The molecule has 1 atom stereocenters. The second kappa shape index (κ2) is 5.19. The van der Waals surface area contributed by atoms with Crippen molar-refractivity contribution < 1.29 is 14.3 Å². The van der Waals surface area contributed by atoms with Gasteiger partial charge in [0.05, 0.1) is 20.1 Å². The Morgan fingerprint density at radius 1 is 1.59 bits per heavy atom. The average molecular weight is 235 g/mol. The molecule has 0 saturated heterocycles. The maximum atomic E-state index is 11.2. The lowest BCUT2D eigenvalue weighted by Crippen LogP contribution is -2.17. The highest BCUT2D eigenvalue weighted by atomic mass is 16.5. The van der Waals surface area contributed by atoms with E-state index in [0.717, 1.165) is 30.8 Å². The molecule has 0 aliphatic carbocycles. The van der Waals surface area contributed by atoms with E-state index < -0.39 is 0 Å². The maximum Gasteiger partial charge on any atom is 0.307 e. The van der Waals surface area contributed by atoms with Gasteiger partial charge < -0.3 is 15.2 Å². The third kappa shape index (κ3) is 2.77. The molecule has 1 heterocycles. The number of carbonyl (C=O) groups excluding carboxylic acids is 1. The van der Waals surface area contributed by atoms with Crippen molar-refractivity contribution in [2.75, 3.05) is 13.7 Å². The zero-order valence-electron chi connectivity index (χ0n) is 9.94. The lowest BCUT2D eigenvalue weighted by Gasteiger charge is -2.19. The number of carbonyl (C=O) groups is 1. The van der Waals surface area contributed by atoms with E-state index in [-0.39, 0.29) is 18.4 Å². The third-order valence-electron chi connectivity index (χ3n) is 2.97. The third-order valence-corrected chi connectivity index (χ3v) is 2.97. The molecule has 4 heteroatoms. The van der Waals surface area contributed by atoms with Crippen LogP contribution in [0.1, 0.15) is 30.0 Å². The lowest BCUT2D eigenvalue weighted by molar-refractivity contribution is -0.141. The quantitative estimate of drug-likeness (QED) is 0.808. The molecule has 0 spiro atoms. The first-order chi connectivity index (χ1) is 8.20. The van der Waals surface area contributed by atoms with Crippen LogP contribution in [-0.4, -0.2) is 19.7 Å². The van der Waals surface area contributed by atoms with Gasteiger partial charge in [0.2, 0.25) is 0 Å². The van der Waals surface area contributed by atoms with E-state index in [9.17, 15) is 4.79 Å². The molecule has 0 saturated carbocycles. The first-order valence-electron chi connectivity index (χ1n) is 5.78. The SMILES string of the molecule is COC(=O)CC(N)c1ccc2c(c1)CCCO2. The summed E-state index contributed by atoms with van der Waals surface area (Å²) in [6.07, 6.45) is 2.24. The number of methoxy groups -OCH3 is 1. The Morgan fingerprint density at radius 3 is 3.18 bits per heavy atom. The molecule has 4 nitrogen and oxygen atoms in total. The van der Waals surface area contributed by atoms with Crippen LogP contribution in [0.3, 0.4) is 0 Å². The monoisotopic (exact) mass is 235 g/mol. The molecule has 2 rings (SSSR count). The highest BCUT2D eigenvalue weighted by Crippen LogP contribution is 2.28. The summed E-state index contributed by atoms with van der Waals surface area (Å²) >= 11 is 0. The lowest BCUT2D eigenvalue weighted by atomic mass is 9.98. The van der Waals surface area contributed by atoms with Crippen molar-refractivity contribution in [2.45, 2.75) is 25.3 Å². The first kappa shape index (κ1) is 11.9. The summed E-state index contributed by atoms with van der Waals surface area (Å²) in [5.74, 6) is 0.650. The van der Waals surface area contributed by atoms with Gasteiger partial charge in [-0.3, -0.25) is 4.79 Å². The van der Waals surface area contributed by atoms with Gasteiger partial charge in [0, 0.05) is 6.04 Å². The molecular weight excluding hydrogens is 218 g/mol. The Balaban J connectivity index is 2.13. The largest absolute Gasteiger partial charge is 0.493 e. The Morgan fingerprint density at radius 2 is 2.41 bits per heavy atom. The number of ether oxygens (including phenoxy) is 2. The summed E-state index contributed by atoms with van der Waals surface area (Å²) in [5, 5.41) is 0. The molecule has 1 aliphatic heterocycles. The van der Waals surface area contributed by atoms with E-state index in [1.807, 2.05) is 18.2 Å². The fraction of sp³-hybridized carbons (Fsp3) is 0.462. The number of hydrogen-bond acceptors (Lipinski definition) is 4. The number of fused-ring (bicyclic) bond motifs is 1. The molecule has 2 N–H and O–H groups in total. The number of nitrogens with two attached hydrogens (primary N) is 1. The second-order valence-corrected chi connectivity index (χ2v) is 4.21. The van der Waals surface area contributed by atoms with Crippen LogP contribution < -0.4 is 10.5 Å². The minimum Gasteiger partial charge on any atom is -0.493 e. The van der Waals surface area contributed by atoms with Gasteiger partial charge in [-0.15, -0.1) is 0 Å². The predicted molar refractivity (Wildman–Crippen MR) is 63.8 cm³/mol. The minimum absolute atomic E-state index is 0.205. The van der Waals surface area contributed by atoms with Crippen LogP contribution in [0, 0.1) is 0 Å². The predicted octanol–water partition coefficient (Wildman–Crippen LogP) is 1.57. The summed E-state index contributed by atoms with van der Waals surface area (Å²) in [7, 11) is 1.37. The van der Waals surface area contributed by atoms with Crippen LogP contribution in [0.5, 0.6) is 5.75 Å². The molecule has 1 unspecified atom stereocenters. The van der Waals surface area contributed by atoms with Crippen LogP contribution in [-0.2, 0) is 16.0 Å². The van der Waals surface area contributed by atoms with Gasteiger partial charge in [-0.2, -0.15) is 0 Å². The van der Waals surface area contributed by atoms with Crippen LogP contribution in [0.4, 0.5) is 0 Å². The number of rotatable bonds is 3. The van der Waals surface area contributed by atoms with Gasteiger partial charge in [0.15, 0.2) is 0 Å². The maximum absolute atomic E-state index is 11.2. The van der Waals surface area contributed by atoms with Crippen molar-refractivity contribution in [3.8, 4) is 5.75 Å². The van der Waals surface area contributed by atoms with Crippen LogP contribution in [0.25, 0.3) is 0 Å². The standard InChI is InChI=1S/C13H17NO3/c1-16-13(15)8-11(14)9-4-5-12-10(7-9)3-2-6-17-12/h4-5,7,11H,2-3,6,8,14H2,1H3. The number of aryl methyl sites for hydroxylation is 1. The Labute approximate surface area is 101 Å². The van der Waals surface area contributed by atoms with Gasteiger partial charge in [-0.25, -0.2) is 0 Å². The molecule has 0 aromatic heterocycles. The van der Waals surface area contributed by atoms with Crippen molar-refractivity contribution in [3.05, 3.63) is 29.3 Å². The molecule has 0 radical (unpaired) electrons. The molecular formula is C13H17NO3. The van der Waals surface area contributed by atoms with Crippen molar-refractivity contribution in [2.24, 2.45) is 5.73 Å². The summed E-state index contributed by atoms with van der Waals surface area (Å²) in [5.41, 5.74) is 8.10. The molecule has 1 aromatic carbocycles. The molecule has 92 valence electrons. The Bertz CT molecular complexity index is 417. The summed E-state index contributed by atoms with van der Waals surface area (Å²) in [6, 6.07) is 5.57. The van der Waals surface area contributed by atoms with Crippen LogP contribution in [0.2, 0.25) is 0 Å². The zero-order valence-corrected chi connectivity index (χ0v) is 9.94. The molecule has 0 amide bonds. The van der Waals surface area contributed by atoms with E-state index >= 15 is 0 Å². The highest BCUT2D eigenvalue weighted by Gasteiger charge is 2.15. The zero-order chi connectivity index (χ0) is 12.3. The van der Waals surface area contributed by atoms with Crippen molar-refractivity contribution in [3.63, 3.8) is 0 Å². The van der Waals surface area contributed by atoms with Crippen molar-refractivity contribution >= 4 is 5.97 Å². The Hall–Kier alpha value is -1.55. The smallest absolute Gasteiger partial charge is 0.307 e. The van der Waals surface area contributed by atoms with E-state index in [2.05, 4.69) is 4.74 Å². The van der Waals surface area contributed by atoms with Gasteiger partial charge in [0.25, 0.3) is 0 Å². The fourth-order valence-electron chi connectivity index (χ4n) is 1.99. The van der Waals surface area contributed by atoms with Gasteiger partial charge in [0.1, 0.15) is 5.75 Å². The highest BCUT2D eigenvalue weighted by molar-refractivity contribution is 5.70. The summed E-state index contributed by atoms with van der Waals surface area (Å²) in [4.78, 5) is 11.2. The molecule has 17 heavy (non-hydrogen) atoms. The van der Waals surface area contributed by atoms with Crippen molar-refractivity contribution in [1.82, 2.24) is 0 Å². The summed E-state index contributed by atoms with van der Waals surface area (Å²) < 4.78 is 10.1. The first-order valence-corrected chi connectivity index (χ1v) is 5.78. The van der Waals surface area contributed by atoms with Crippen LogP contribution >= 0.6 is 0 Å². The number of benzene rings is 1. The number of hydrogen-bond donors (Lipinski definition) is 1. The van der Waals surface area contributed by atoms with Crippen LogP contribution in [0.15, 0.2) is 18.2 Å². The average Bonchev–Trinajstić information content (AvgIpc) is 2.38. The van der Waals surface area contributed by atoms with E-state index in [1.165, 1.54) is 12.7 Å². The van der Waals surface area contributed by atoms with Gasteiger partial charge in [-0.05, 0) is 30.0 Å². The molecule has 0 bridgehead atoms.